The molecule has 0 aliphatic rings. The highest BCUT2D eigenvalue weighted by Crippen LogP contribution is 2.24. The Morgan fingerprint density at radius 2 is 1.75 bits per heavy atom. The summed E-state index contributed by atoms with van der Waals surface area (Å²) in [5.41, 5.74) is 0.808. The monoisotopic (exact) mass is 289 g/mol. The molecule has 0 aromatic heterocycles. The van der Waals surface area contributed by atoms with Crippen molar-refractivity contribution in [3.05, 3.63) is 24.3 Å². The molecule has 0 fully saturated rings. The number of hydrogen-bond donors (Lipinski definition) is 1. The van der Waals surface area contributed by atoms with E-state index in [1.807, 2.05) is 0 Å². The van der Waals surface area contributed by atoms with Crippen LogP contribution in [0.1, 0.15) is 46.0 Å². The molecule has 1 unspecified atom stereocenters. The zero-order valence-corrected chi connectivity index (χ0v) is 12.0. The van der Waals surface area contributed by atoms with Crippen molar-refractivity contribution < 1.29 is 17.9 Å². The molecule has 2 nitrogen and oxygen atoms in total. The van der Waals surface area contributed by atoms with E-state index in [1.165, 1.54) is 31.4 Å². The summed E-state index contributed by atoms with van der Waals surface area (Å²) >= 11 is 0. The standard InChI is InChI=1S/C15H22F3NO/c1-3-4-5-6-7-12(2)19-13-8-10-14(11-9-13)20-15(16,17)18/h8-12,19H,3-7H2,1-2H3. The van der Waals surface area contributed by atoms with Crippen LogP contribution in [0.15, 0.2) is 24.3 Å². The SMILES string of the molecule is CCCCCCC(C)Nc1ccc(OC(F)(F)F)cc1. The molecule has 0 saturated carbocycles. The molecule has 0 bridgehead atoms. The van der Waals surface area contributed by atoms with Crippen molar-refractivity contribution >= 4 is 5.69 Å². The van der Waals surface area contributed by atoms with Crippen molar-refractivity contribution in [2.45, 2.75) is 58.4 Å². The van der Waals surface area contributed by atoms with Gasteiger partial charge in [-0.25, -0.2) is 0 Å². The van der Waals surface area contributed by atoms with Crippen molar-refractivity contribution in [1.82, 2.24) is 0 Å². The number of nitrogens with one attached hydrogen (secondary N) is 1. The van der Waals surface area contributed by atoms with E-state index in [9.17, 15) is 13.2 Å². The maximum Gasteiger partial charge on any atom is 0.573 e. The molecule has 0 spiro atoms. The van der Waals surface area contributed by atoms with Gasteiger partial charge in [-0.3, -0.25) is 0 Å². The smallest absolute Gasteiger partial charge is 0.406 e. The molecule has 1 N–H and O–H groups in total. The average molecular weight is 289 g/mol. The van der Waals surface area contributed by atoms with Crippen LogP contribution in [0.4, 0.5) is 18.9 Å². The van der Waals surface area contributed by atoms with Crippen LogP contribution in [0, 0.1) is 0 Å². The zero-order valence-electron chi connectivity index (χ0n) is 12.0. The van der Waals surface area contributed by atoms with Crippen molar-refractivity contribution in [3.63, 3.8) is 0 Å². The molecule has 20 heavy (non-hydrogen) atoms. The summed E-state index contributed by atoms with van der Waals surface area (Å²) in [5, 5.41) is 3.27. The van der Waals surface area contributed by atoms with Crippen molar-refractivity contribution in [1.29, 1.82) is 0 Å². The van der Waals surface area contributed by atoms with Crippen LogP contribution >= 0.6 is 0 Å². The summed E-state index contributed by atoms with van der Waals surface area (Å²) in [6, 6.07) is 6.15. The Morgan fingerprint density at radius 3 is 2.30 bits per heavy atom. The predicted molar refractivity (Wildman–Crippen MR) is 75.0 cm³/mol. The Hall–Kier alpha value is -1.39. The summed E-state index contributed by atoms with van der Waals surface area (Å²) < 4.78 is 39.9. The molecule has 1 aromatic rings. The van der Waals surface area contributed by atoms with E-state index in [2.05, 4.69) is 23.9 Å². The molecule has 114 valence electrons. The predicted octanol–water partition coefficient (Wildman–Crippen LogP) is 5.36. The fourth-order valence-corrected chi connectivity index (χ4v) is 1.99. The van der Waals surface area contributed by atoms with Crippen LogP contribution in [0.2, 0.25) is 0 Å². The van der Waals surface area contributed by atoms with E-state index in [-0.39, 0.29) is 5.75 Å². The van der Waals surface area contributed by atoms with E-state index >= 15 is 0 Å². The number of unbranched alkanes of at least 4 members (excludes halogenated alkanes) is 3. The lowest BCUT2D eigenvalue weighted by molar-refractivity contribution is -0.274. The van der Waals surface area contributed by atoms with Gasteiger partial charge < -0.3 is 10.1 Å². The zero-order chi connectivity index (χ0) is 15.0. The number of halogens is 3. The first-order valence-electron chi connectivity index (χ1n) is 7.03. The number of hydrogen-bond acceptors (Lipinski definition) is 2. The van der Waals surface area contributed by atoms with Gasteiger partial charge in [-0.1, -0.05) is 32.6 Å². The minimum Gasteiger partial charge on any atom is -0.406 e. The molecule has 5 heteroatoms. The summed E-state index contributed by atoms with van der Waals surface area (Å²) in [6.07, 6.45) is 1.26. The van der Waals surface area contributed by atoms with Crippen LogP contribution < -0.4 is 10.1 Å². The molecule has 0 aliphatic carbocycles. The molecule has 1 rings (SSSR count). The molecule has 0 saturated heterocycles. The third-order valence-electron chi connectivity index (χ3n) is 2.99. The van der Waals surface area contributed by atoms with Gasteiger partial charge in [0.2, 0.25) is 0 Å². The molecule has 1 aromatic carbocycles. The second-order valence-corrected chi connectivity index (χ2v) is 4.97. The van der Waals surface area contributed by atoms with Gasteiger partial charge in [-0.15, -0.1) is 13.2 Å². The molecular weight excluding hydrogens is 267 g/mol. The summed E-state index contributed by atoms with van der Waals surface area (Å²) in [5.74, 6) is -0.196. The summed E-state index contributed by atoms with van der Waals surface area (Å²) in [7, 11) is 0. The quantitative estimate of drug-likeness (QED) is 0.651. The van der Waals surface area contributed by atoms with E-state index in [4.69, 9.17) is 0 Å². The fraction of sp³-hybridized carbons (Fsp3) is 0.600. The Labute approximate surface area is 118 Å². The largest absolute Gasteiger partial charge is 0.573 e. The lowest BCUT2D eigenvalue weighted by Gasteiger charge is -2.16. The second kappa shape index (κ2) is 8.02. The topological polar surface area (TPSA) is 21.3 Å². The fourth-order valence-electron chi connectivity index (χ4n) is 1.99. The van der Waals surface area contributed by atoms with Gasteiger partial charge >= 0.3 is 6.36 Å². The van der Waals surface area contributed by atoms with Crippen LogP contribution in [0.3, 0.4) is 0 Å². The van der Waals surface area contributed by atoms with Gasteiger partial charge in [0.1, 0.15) is 5.75 Å². The van der Waals surface area contributed by atoms with Gasteiger partial charge in [0.25, 0.3) is 0 Å². The Kier molecular flexibility index (Phi) is 6.68. The maximum absolute atomic E-state index is 12.0. The first-order chi connectivity index (χ1) is 9.40. The highest BCUT2D eigenvalue weighted by molar-refractivity contribution is 5.46. The highest BCUT2D eigenvalue weighted by atomic mass is 19.4. The lowest BCUT2D eigenvalue weighted by atomic mass is 10.1. The van der Waals surface area contributed by atoms with Gasteiger partial charge in [0.05, 0.1) is 0 Å². The normalized spacial score (nSPS) is 13.1. The van der Waals surface area contributed by atoms with Crippen molar-refractivity contribution in [3.8, 4) is 5.75 Å². The number of benzene rings is 1. The van der Waals surface area contributed by atoms with Gasteiger partial charge in [-0.05, 0) is 37.6 Å². The van der Waals surface area contributed by atoms with Gasteiger partial charge in [0, 0.05) is 11.7 Å². The molecule has 0 aliphatic heterocycles. The molecule has 1 atom stereocenters. The van der Waals surface area contributed by atoms with Crippen LogP contribution in [-0.4, -0.2) is 12.4 Å². The first-order valence-corrected chi connectivity index (χ1v) is 7.03. The van der Waals surface area contributed by atoms with Crippen molar-refractivity contribution in [2.75, 3.05) is 5.32 Å². The minimum absolute atomic E-state index is 0.196. The van der Waals surface area contributed by atoms with Crippen LogP contribution in [0.5, 0.6) is 5.75 Å². The minimum atomic E-state index is -4.64. The van der Waals surface area contributed by atoms with E-state index in [0.29, 0.717) is 6.04 Å². The van der Waals surface area contributed by atoms with E-state index < -0.39 is 6.36 Å². The summed E-state index contributed by atoms with van der Waals surface area (Å²) in [4.78, 5) is 0. The molecular formula is C15H22F3NO. The third kappa shape index (κ3) is 7.26. The van der Waals surface area contributed by atoms with Crippen LogP contribution in [-0.2, 0) is 0 Å². The molecule has 0 heterocycles. The number of anilines is 1. The van der Waals surface area contributed by atoms with Crippen molar-refractivity contribution in [2.24, 2.45) is 0 Å². The molecule has 0 radical (unpaired) electrons. The van der Waals surface area contributed by atoms with E-state index in [1.54, 1.807) is 12.1 Å². The number of rotatable bonds is 8. The van der Waals surface area contributed by atoms with Gasteiger partial charge in [0.15, 0.2) is 0 Å². The van der Waals surface area contributed by atoms with E-state index in [0.717, 1.165) is 18.5 Å². The lowest BCUT2D eigenvalue weighted by Crippen LogP contribution is -2.17. The second-order valence-electron chi connectivity index (χ2n) is 4.97. The number of ether oxygens (including phenoxy) is 1. The first kappa shape index (κ1) is 16.7. The Balaban J connectivity index is 2.37. The Morgan fingerprint density at radius 1 is 1.10 bits per heavy atom. The third-order valence-corrected chi connectivity index (χ3v) is 2.99. The average Bonchev–Trinajstić information content (AvgIpc) is 2.35. The summed E-state index contributed by atoms with van der Waals surface area (Å²) in [6.45, 7) is 4.25. The Bertz CT molecular complexity index is 376. The number of alkyl halides is 3. The highest BCUT2D eigenvalue weighted by Gasteiger charge is 2.30. The van der Waals surface area contributed by atoms with Crippen LogP contribution in [0.25, 0.3) is 0 Å². The molecule has 0 amide bonds. The van der Waals surface area contributed by atoms with Gasteiger partial charge in [-0.2, -0.15) is 0 Å². The maximum atomic E-state index is 12.0.